The zero-order valence-electron chi connectivity index (χ0n) is 11.0. The van der Waals surface area contributed by atoms with Crippen LogP contribution in [0.25, 0.3) is 0 Å². The lowest BCUT2D eigenvalue weighted by atomic mass is 10.2. The van der Waals surface area contributed by atoms with Crippen molar-refractivity contribution in [3.05, 3.63) is 27.7 Å². The summed E-state index contributed by atoms with van der Waals surface area (Å²) >= 11 is 11.7. The Morgan fingerprint density at radius 2 is 1.95 bits per heavy atom. The van der Waals surface area contributed by atoms with Gasteiger partial charge >= 0.3 is 0 Å². The third-order valence-corrected chi connectivity index (χ3v) is 3.32. The van der Waals surface area contributed by atoms with Gasteiger partial charge in [-0.25, -0.2) is 0 Å². The number of amides is 1. The minimum absolute atomic E-state index is 0.00569. The van der Waals surface area contributed by atoms with Crippen LogP contribution in [-0.2, 0) is 11.3 Å². The number of likely N-dealkylation sites (N-methyl/N-ethyl adjacent to an activating group) is 1. The van der Waals surface area contributed by atoms with Crippen LogP contribution in [0.3, 0.4) is 0 Å². The summed E-state index contributed by atoms with van der Waals surface area (Å²) in [6.45, 7) is 5.79. The average Bonchev–Trinajstić information content (AvgIpc) is 2.36. The van der Waals surface area contributed by atoms with Crippen LogP contribution in [0, 0.1) is 0 Å². The molecule has 0 bridgehead atoms. The van der Waals surface area contributed by atoms with E-state index in [0.29, 0.717) is 30.2 Å². The largest absolute Gasteiger partial charge is 0.506 e. The van der Waals surface area contributed by atoms with Crippen LogP contribution in [0.4, 0.5) is 0 Å². The van der Waals surface area contributed by atoms with Crippen LogP contribution >= 0.6 is 23.2 Å². The van der Waals surface area contributed by atoms with E-state index in [2.05, 4.69) is 5.32 Å². The van der Waals surface area contributed by atoms with Crippen LogP contribution in [0.15, 0.2) is 12.1 Å². The van der Waals surface area contributed by atoms with Crippen LogP contribution < -0.4 is 5.32 Å². The quantitative estimate of drug-likeness (QED) is 0.849. The molecular formula is C13H18Cl2N2O2. The molecule has 0 aromatic heterocycles. The number of phenols is 1. The second kappa shape index (κ2) is 7.58. The molecule has 4 nitrogen and oxygen atoms in total. The third kappa shape index (κ3) is 4.56. The van der Waals surface area contributed by atoms with Gasteiger partial charge in [-0.2, -0.15) is 0 Å². The van der Waals surface area contributed by atoms with Crippen LogP contribution in [0.5, 0.6) is 5.75 Å². The third-order valence-electron chi connectivity index (χ3n) is 2.81. The normalized spacial score (nSPS) is 10.5. The molecule has 0 radical (unpaired) electrons. The van der Waals surface area contributed by atoms with Gasteiger partial charge in [-0.05, 0) is 26.0 Å². The Morgan fingerprint density at radius 3 is 2.53 bits per heavy atom. The summed E-state index contributed by atoms with van der Waals surface area (Å²) in [5.74, 6) is 0.0199. The molecular weight excluding hydrogens is 287 g/mol. The molecule has 0 heterocycles. The number of hydrogen-bond donors (Lipinski definition) is 2. The van der Waals surface area contributed by atoms with Gasteiger partial charge in [0.25, 0.3) is 0 Å². The van der Waals surface area contributed by atoms with Gasteiger partial charge in [0.05, 0.1) is 11.6 Å². The maximum atomic E-state index is 11.8. The summed E-state index contributed by atoms with van der Waals surface area (Å²) < 4.78 is 0. The number of hydrogen-bond acceptors (Lipinski definition) is 3. The van der Waals surface area contributed by atoms with Crippen molar-refractivity contribution in [3.8, 4) is 5.75 Å². The highest BCUT2D eigenvalue weighted by Crippen LogP contribution is 2.30. The monoisotopic (exact) mass is 304 g/mol. The zero-order chi connectivity index (χ0) is 14.4. The molecule has 0 aliphatic rings. The number of phenolic OH excluding ortho intramolecular Hbond substituents is 1. The molecule has 2 N–H and O–H groups in total. The first-order valence-electron chi connectivity index (χ1n) is 6.14. The zero-order valence-corrected chi connectivity index (χ0v) is 12.6. The van der Waals surface area contributed by atoms with E-state index < -0.39 is 0 Å². The van der Waals surface area contributed by atoms with Gasteiger partial charge in [0.1, 0.15) is 5.75 Å². The first kappa shape index (κ1) is 16.1. The van der Waals surface area contributed by atoms with Crippen molar-refractivity contribution in [3.63, 3.8) is 0 Å². The molecule has 0 atom stereocenters. The average molecular weight is 305 g/mol. The molecule has 1 aromatic carbocycles. The fraction of sp³-hybridized carbons (Fsp3) is 0.462. The molecule has 0 aliphatic heterocycles. The summed E-state index contributed by atoms with van der Waals surface area (Å²) in [6, 6.07) is 3.10. The Kier molecular flexibility index (Phi) is 6.42. The standard InChI is InChI=1S/C13H18Cl2N2O2/c1-3-17(4-2)12(18)8-16-7-9-5-10(14)6-11(15)13(9)19/h5-6,16,19H,3-4,7-8H2,1-2H3. The number of rotatable bonds is 6. The molecule has 19 heavy (non-hydrogen) atoms. The molecule has 1 aromatic rings. The SMILES string of the molecule is CCN(CC)C(=O)CNCc1cc(Cl)cc(Cl)c1O. The number of carbonyl (C=O) groups is 1. The van der Waals surface area contributed by atoms with E-state index in [1.807, 2.05) is 13.8 Å². The first-order chi connectivity index (χ1) is 8.99. The van der Waals surface area contributed by atoms with E-state index in [9.17, 15) is 9.90 Å². The highest BCUT2D eigenvalue weighted by atomic mass is 35.5. The number of carbonyl (C=O) groups excluding carboxylic acids is 1. The van der Waals surface area contributed by atoms with Crippen molar-refractivity contribution in [1.82, 2.24) is 10.2 Å². The lowest BCUT2D eigenvalue weighted by Gasteiger charge is -2.18. The molecule has 6 heteroatoms. The minimum Gasteiger partial charge on any atom is -0.506 e. The summed E-state index contributed by atoms with van der Waals surface area (Å²) in [7, 11) is 0. The first-order valence-corrected chi connectivity index (χ1v) is 6.90. The molecule has 106 valence electrons. The maximum absolute atomic E-state index is 11.8. The lowest BCUT2D eigenvalue weighted by molar-refractivity contribution is -0.129. The highest BCUT2D eigenvalue weighted by molar-refractivity contribution is 6.35. The Bertz CT molecular complexity index is 449. The summed E-state index contributed by atoms with van der Waals surface area (Å²) in [5.41, 5.74) is 0.574. The number of aromatic hydroxyl groups is 1. The molecule has 1 amide bonds. The molecule has 1 rings (SSSR count). The maximum Gasteiger partial charge on any atom is 0.236 e. The van der Waals surface area contributed by atoms with E-state index in [4.69, 9.17) is 23.2 Å². The van der Waals surface area contributed by atoms with Gasteiger partial charge in [-0.3, -0.25) is 4.79 Å². The summed E-state index contributed by atoms with van der Waals surface area (Å²) in [6.07, 6.45) is 0. The fourth-order valence-electron chi connectivity index (χ4n) is 1.75. The van der Waals surface area contributed by atoms with Crippen molar-refractivity contribution in [2.24, 2.45) is 0 Å². The van der Waals surface area contributed by atoms with Crippen LogP contribution in [0.1, 0.15) is 19.4 Å². The number of nitrogens with one attached hydrogen (secondary N) is 1. The van der Waals surface area contributed by atoms with Gasteiger partial charge in [0.2, 0.25) is 5.91 Å². The molecule has 0 aliphatic carbocycles. The second-order valence-corrected chi connectivity index (χ2v) is 4.91. The van der Waals surface area contributed by atoms with E-state index in [-0.39, 0.29) is 23.2 Å². The minimum atomic E-state index is -0.00569. The molecule has 0 saturated heterocycles. The van der Waals surface area contributed by atoms with Crippen molar-refractivity contribution in [1.29, 1.82) is 0 Å². The summed E-state index contributed by atoms with van der Waals surface area (Å²) in [5, 5.41) is 13.4. The second-order valence-electron chi connectivity index (χ2n) is 4.06. The van der Waals surface area contributed by atoms with Crippen molar-refractivity contribution in [2.75, 3.05) is 19.6 Å². The number of nitrogens with zero attached hydrogens (tertiary/aromatic N) is 1. The Hall–Kier alpha value is -0.970. The molecule has 0 saturated carbocycles. The summed E-state index contributed by atoms with van der Waals surface area (Å²) in [4.78, 5) is 13.5. The molecule has 0 spiro atoms. The van der Waals surface area contributed by atoms with Gasteiger partial charge in [-0.15, -0.1) is 0 Å². The highest BCUT2D eigenvalue weighted by Gasteiger charge is 2.11. The smallest absolute Gasteiger partial charge is 0.236 e. The number of benzene rings is 1. The van der Waals surface area contributed by atoms with Crippen molar-refractivity contribution >= 4 is 29.1 Å². The topological polar surface area (TPSA) is 52.6 Å². The van der Waals surface area contributed by atoms with Gasteiger partial charge < -0.3 is 15.3 Å². The Labute approximate surface area is 123 Å². The number of halogens is 2. The van der Waals surface area contributed by atoms with Gasteiger partial charge in [-0.1, -0.05) is 23.2 Å². The lowest BCUT2D eigenvalue weighted by Crippen LogP contribution is -2.37. The predicted molar refractivity (Wildman–Crippen MR) is 77.8 cm³/mol. The van der Waals surface area contributed by atoms with Crippen molar-refractivity contribution in [2.45, 2.75) is 20.4 Å². The van der Waals surface area contributed by atoms with Gasteiger partial charge in [0.15, 0.2) is 0 Å². The molecule has 0 fully saturated rings. The van der Waals surface area contributed by atoms with Gasteiger partial charge in [0, 0.05) is 30.2 Å². The Balaban J connectivity index is 2.56. The van der Waals surface area contributed by atoms with Crippen LogP contribution in [-0.4, -0.2) is 35.5 Å². The molecule has 0 unspecified atom stereocenters. The predicted octanol–water partition coefficient (Wildman–Crippen LogP) is 2.66. The Morgan fingerprint density at radius 1 is 1.32 bits per heavy atom. The van der Waals surface area contributed by atoms with E-state index in [1.165, 1.54) is 6.07 Å². The van der Waals surface area contributed by atoms with Crippen LogP contribution in [0.2, 0.25) is 10.0 Å². The fourth-order valence-corrected chi connectivity index (χ4v) is 2.28. The van der Waals surface area contributed by atoms with Crippen molar-refractivity contribution < 1.29 is 9.90 Å². The van der Waals surface area contributed by atoms with E-state index in [0.717, 1.165) is 0 Å². The van der Waals surface area contributed by atoms with E-state index >= 15 is 0 Å². The van der Waals surface area contributed by atoms with E-state index in [1.54, 1.807) is 11.0 Å².